The average Bonchev–Trinajstić information content (AvgIpc) is 3.06. The first-order valence-corrected chi connectivity index (χ1v) is 10.1. The zero-order valence-corrected chi connectivity index (χ0v) is 16.7. The van der Waals surface area contributed by atoms with Crippen LogP contribution in [0, 0.1) is 0 Å². The summed E-state index contributed by atoms with van der Waals surface area (Å²) in [6.07, 6.45) is 2.01. The molecule has 0 spiro atoms. The van der Waals surface area contributed by atoms with Crippen molar-refractivity contribution in [1.82, 2.24) is 0 Å². The van der Waals surface area contributed by atoms with Crippen LogP contribution < -0.4 is 9.47 Å². The molecule has 4 rings (SSSR count). The van der Waals surface area contributed by atoms with Crippen molar-refractivity contribution in [2.24, 2.45) is 0 Å². The number of halogens is 2. The third kappa shape index (κ3) is 3.18. The Kier molecular flexibility index (Phi) is 4.61. The third-order valence-corrected chi connectivity index (χ3v) is 6.81. The summed E-state index contributed by atoms with van der Waals surface area (Å²) in [5.74, 6) is -0.892. The van der Waals surface area contributed by atoms with E-state index in [1.807, 2.05) is 43.5 Å². The highest BCUT2D eigenvalue weighted by atomic mass is 35.5. The van der Waals surface area contributed by atoms with E-state index in [1.165, 1.54) is 0 Å². The van der Waals surface area contributed by atoms with E-state index in [1.54, 1.807) is 33.7 Å². The van der Waals surface area contributed by atoms with Crippen LogP contribution in [0.2, 0.25) is 10.0 Å². The van der Waals surface area contributed by atoms with E-state index in [2.05, 4.69) is 4.90 Å². The van der Waals surface area contributed by atoms with Gasteiger partial charge in [0.2, 0.25) is 12.1 Å². The average molecular weight is 424 g/mol. The normalized spacial score (nSPS) is 15.0. The number of aromatic nitrogens is 1. The smallest absolute Gasteiger partial charge is 0.370 e. The van der Waals surface area contributed by atoms with E-state index in [4.69, 9.17) is 23.2 Å². The maximum Gasteiger partial charge on any atom is 0.370 e. The van der Waals surface area contributed by atoms with Crippen molar-refractivity contribution in [3.8, 4) is 0 Å². The summed E-state index contributed by atoms with van der Waals surface area (Å²) in [5, 5.41) is 12.5. The molecule has 132 valence electrons. The summed E-state index contributed by atoms with van der Waals surface area (Å²) >= 11 is 15.4. The maximum absolute atomic E-state index is 11.4. The molecule has 0 saturated heterocycles. The minimum absolute atomic E-state index is 0.118. The number of carboxylic acids is 1. The number of fused-ring (bicyclic) bond motifs is 2. The minimum atomic E-state index is -0.892. The first-order valence-electron chi connectivity index (χ1n) is 7.69. The van der Waals surface area contributed by atoms with Gasteiger partial charge in [0.1, 0.15) is 4.70 Å². The molecule has 1 aliphatic heterocycles. The van der Waals surface area contributed by atoms with E-state index in [-0.39, 0.29) is 6.54 Å². The highest BCUT2D eigenvalue weighted by Gasteiger charge is 2.27. The molecule has 3 aromatic rings. The number of thioether (sulfide) groups is 1. The SMILES string of the molecule is CN1/C(=C/c2sc3ccc(Cl)cc3[n+]2CC(=O)O)Sc2ccc(Cl)cc21. The molecule has 0 aliphatic carbocycles. The zero-order chi connectivity index (χ0) is 18.4. The second-order valence-electron chi connectivity index (χ2n) is 5.79. The zero-order valence-electron chi connectivity index (χ0n) is 13.6. The molecule has 0 unspecified atom stereocenters. The van der Waals surface area contributed by atoms with Crippen LogP contribution in [-0.2, 0) is 11.3 Å². The molecule has 2 heterocycles. The summed E-state index contributed by atoms with van der Waals surface area (Å²) in [7, 11) is 1.98. The molecule has 2 aromatic carbocycles. The van der Waals surface area contributed by atoms with Gasteiger partial charge in [-0.3, -0.25) is 0 Å². The summed E-state index contributed by atoms with van der Waals surface area (Å²) in [5.41, 5.74) is 1.87. The lowest BCUT2D eigenvalue weighted by Crippen LogP contribution is -2.39. The Morgan fingerprint density at radius 2 is 1.96 bits per heavy atom. The van der Waals surface area contributed by atoms with Crippen molar-refractivity contribution in [3.05, 3.63) is 56.5 Å². The van der Waals surface area contributed by atoms with Crippen molar-refractivity contribution in [2.75, 3.05) is 11.9 Å². The third-order valence-electron chi connectivity index (χ3n) is 4.06. The summed E-state index contributed by atoms with van der Waals surface area (Å²) in [6.45, 7) is -0.118. The van der Waals surface area contributed by atoms with Gasteiger partial charge in [0.15, 0.2) is 0 Å². The minimum Gasteiger partial charge on any atom is -0.477 e. The van der Waals surface area contributed by atoms with Gasteiger partial charge in [-0.1, -0.05) is 46.3 Å². The highest BCUT2D eigenvalue weighted by molar-refractivity contribution is 8.03. The molecule has 8 heteroatoms. The molecule has 0 amide bonds. The Morgan fingerprint density at radius 3 is 2.73 bits per heavy atom. The molecule has 1 N–H and O–H groups in total. The van der Waals surface area contributed by atoms with E-state index in [0.29, 0.717) is 10.0 Å². The molecule has 0 atom stereocenters. The number of nitrogens with zero attached hydrogens (tertiary/aromatic N) is 2. The van der Waals surface area contributed by atoms with Crippen LogP contribution in [0.15, 0.2) is 46.3 Å². The fourth-order valence-electron chi connectivity index (χ4n) is 2.85. The quantitative estimate of drug-likeness (QED) is 0.593. The van der Waals surface area contributed by atoms with Crippen molar-refractivity contribution in [1.29, 1.82) is 0 Å². The number of hydrogen-bond donors (Lipinski definition) is 1. The molecule has 0 radical (unpaired) electrons. The number of benzene rings is 2. The molecule has 4 nitrogen and oxygen atoms in total. The molecule has 0 saturated carbocycles. The standard InChI is InChI=1S/C18H12Cl2N2O2S2/c1-21-12-6-10(19)2-4-14(12)25-16(21)8-17-22(9-18(23)24)13-7-11(20)3-5-15(13)26-17/h2-8H,9H2,1H3/p+1. The second-order valence-corrected chi connectivity index (χ2v) is 8.79. The lowest BCUT2D eigenvalue weighted by Gasteiger charge is -2.12. The van der Waals surface area contributed by atoms with Crippen LogP contribution in [0.1, 0.15) is 5.01 Å². The first kappa shape index (κ1) is 17.7. The van der Waals surface area contributed by atoms with Crippen molar-refractivity contribution < 1.29 is 14.5 Å². The van der Waals surface area contributed by atoms with Crippen molar-refractivity contribution >= 4 is 74.2 Å². The number of thiazole rings is 1. The van der Waals surface area contributed by atoms with Gasteiger partial charge in [-0.05, 0) is 30.3 Å². The lowest BCUT2D eigenvalue weighted by molar-refractivity contribution is -0.657. The van der Waals surface area contributed by atoms with Gasteiger partial charge in [0, 0.05) is 28.1 Å². The van der Waals surface area contributed by atoms with Gasteiger partial charge in [-0.25, -0.2) is 4.79 Å². The van der Waals surface area contributed by atoms with Gasteiger partial charge >= 0.3 is 5.97 Å². The number of hydrogen-bond acceptors (Lipinski definition) is 4. The van der Waals surface area contributed by atoms with Gasteiger partial charge in [0.25, 0.3) is 5.01 Å². The van der Waals surface area contributed by atoms with Crippen LogP contribution in [0.4, 0.5) is 5.69 Å². The summed E-state index contributed by atoms with van der Waals surface area (Å²) in [4.78, 5) is 14.6. The molecule has 1 aliphatic rings. The Morgan fingerprint density at radius 1 is 1.23 bits per heavy atom. The monoisotopic (exact) mass is 423 g/mol. The second kappa shape index (κ2) is 6.78. The molecule has 26 heavy (non-hydrogen) atoms. The van der Waals surface area contributed by atoms with E-state index in [9.17, 15) is 9.90 Å². The van der Waals surface area contributed by atoms with Gasteiger partial charge in [-0.2, -0.15) is 4.57 Å². The first-order chi connectivity index (χ1) is 12.4. The summed E-state index contributed by atoms with van der Waals surface area (Å²) < 4.78 is 2.78. The van der Waals surface area contributed by atoms with Crippen LogP contribution in [0.3, 0.4) is 0 Å². The van der Waals surface area contributed by atoms with Crippen LogP contribution >= 0.6 is 46.3 Å². The predicted octanol–water partition coefficient (Wildman–Crippen LogP) is 5.12. The van der Waals surface area contributed by atoms with Gasteiger partial charge in [-0.15, -0.1) is 0 Å². The molecule has 1 aromatic heterocycles. The molecular formula is C18H13Cl2N2O2S2+. The molecule has 0 bridgehead atoms. The van der Waals surface area contributed by atoms with Crippen LogP contribution in [0.5, 0.6) is 0 Å². The topological polar surface area (TPSA) is 44.4 Å². The number of aliphatic carboxylic acids is 1. The Hall–Kier alpha value is -1.73. The number of carboxylic acid groups (broad SMARTS) is 1. The maximum atomic E-state index is 11.4. The fraction of sp³-hybridized carbons (Fsp3) is 0.111. The van der Waals surface area contributed by atoms with Crippen molar-refractivity contribution in [2.45, 2.75) is 11.4 Å². The largest absolute Gasteiger partial charge is 0.477 e. The van der Waals surface area contributed by atoms with E-state index >= 15 is 0 Å². The molecule has 0 fully saturated rings. The van der Waals surface area contributed by atoms with Gasteiger partial charge < -0.3 is 10.0 Å². The van der Waals surface area contributed by atoms with Crippen molar-refractivity contribution in [3.63, 3.8) is 0 Å². The number of carbonyl (C=O) groups is 1. The Bertz CT molecular complexity index is 1080. The predicted molar refractivity (Wildman–Crippen MR) is 108 cm³/mol. The Labute approximate surface area is 168 Å². The number of anilines is 1. The van der Waals surface area contributed by atoms with Gasteiger partial charge in [0.05, 0.1) is 16.8 Å². The number of rotatable bonds is 3. The van der Waals surface area contributed by atoms with E-state index < -0.39 is 5.97 Å². The van der Waals surface area contributed by atoms with Crippen LogP contribution in [-0.4, -0.2) is 18.1 Å². The van der Waals surface area contributed by atoms with Crippen LogP contribution in [0.25, 0.3) is 16.3 Å². The molecular weight excluding hydrogens is 411 g/mol. The fourth-order valence-corrected chi connectivity index (χ4v) is 5.40. The lowest BCUT2D eigenvalue weighted by atomic mass is 10.3. The highest BCUT2D eigenvalue weighted by Crippen LogP contribution is 2.46. The summed E-state index contributed by atoms with van der Waals surface area (Å²) in [6, 6.07) is 11.3. The Balaban J connectivity index is 1.82. The van der Waals surface area contributed by atoms with E-state index in [0.717, 1.165) is 30.8 Å².